The van der Waals surface area contributed by atoms with Crippen LogP contribution in [0.2, 0.25) is 0 Å². The van der Waals surface area contributed by atoms with Gasteiger partial charge in [-0.2, -0.15) is 5.10 Å². The number of anilines is 1. The van der Waals surface area contributed by atoms with Crippen LogP contribution in [0.1, 0.15) is 13.8 Å². The van der Waals surface area contributed by atoms with E-state index >= 15 is 0 Å². The van der Waals surface area contributed by atoms with Crippen molar-refractivity contribution in [1.82, 2.24) is 14.7 Å². The van der Waals surface area contributed by atoms with Crippen molar-refractivity contribution < 1.29 is 4.79 Å². The summed E-state index contributed by atoms with van der Waals surface area (Å²) in [6.45, 7) is 4.14. The second-order valence-corrected chi connectivity index (χ2v) is 4.51. The largest absolute Gasteiger partial charge is 0.381 e. The third kappa shape index (κ3) is 2.95. The summed E-state index contributed by atoms with van der Waals surface area (Å²) in [5, 5.41) is 3.99. The monoisotopic (exact) mass is 274 g/mol. The molecule has 0 radical (unpaired) electrons. The van der Waals surface area contributed by atoms with Crippen LogP contribution >= 0.6 is 15.9 Å². The fourth-order valence-electron chi connectivity index (χ4n) is 1.03. The SMILES string of the molecule is CC(C)N(C)C(=O)Cn1cc(Br)c(N)n1. The number of nitrogen functional groups attached to an aromatic ring is 1. The van der Waals surface area contributed by atoms with E-state index in [4.69, 9.17) is 5.73 Å². The van der Waals surface area contributed by atoms with Gasteiger partial charge in [-0.25, -0.2) is 0 Å². The van der Waals surface area contributed by atoms with Crippen LogP contribution in [0.5, 0.6) is 0 Å². The number of hydrogen-bond donors (Lipinski definition) is 1. The minimum absolute atomic E-state index is 0.0139. The van der Waals surface area contributed by atoms with Crippen LogP contribution < -0.4 is 5.73 Å². The minimum atomic E-state index is 0.0139. The van der Waals surface area contributed by atoms with Crippen molar-refractivity contribution >= 4 is 27.7 Å². The lowest BCUT2D eigenvalue weighted by atomic mass is 10.3. The van der Waals surface area contributed by atoms with E-state index in [0.717, 1.165) is 0 Å². The van der Waals surface area contributed by atoms with Gasteiger partial charge >= 0.3 is 0 Å². The van der Waals surface area contributed by atoms with E-state index in [2.05, 4.69) is 21.0 Å². The van der Waals surface area contributed by atoms with Crippen molar-refractivity contribution in [1.29, 1.82) is 0 Å². The first-order chi connectivity index (χ1) is 6.91. The van der Waals surface area contributed by atoms with Crippen molar-refractivity contribution in [2.24, 2.45) is 0 Å². The highest BCUT2D eigenvalue weighted by Crippen LogP contribution is 2.16. The van der Waals surface area contributed by atoms with Crippen molar-refractivity contribution in [3.63, 3.8) is 0 Å². The van der Waals surface area contributed by atoms with Crippen LogP contribution in [-0.4, -0.2) is 33.7 Å². The summed E-state index contributed by atoms with van der Waals surface area (Å²) in [5.41, 5.74) is 5.55. The summed E-state index contributed by atoms with van der Waals surface area (Å²) < 4.78 is 2.24. The molecule has 0 saturated carbocycles. The molecule has 0 aromatic carbocycles. The van der Waals surface area contributed by atoms with Crippen LogP contribution in [0, 0.1) is 0 Å². The lowest BCUT2D eigenvalue weighted by molar-refractivity contribution is -0.132. The van der Waals surface area contributed by atoms with E-state index in [-0.39, 0.29) is 18.5 Å². The standard InChI is InChI=1S/C9H15BrN4O/c1-6(2)13(3)8(15)5-14-4-7(10)9(11)12-14/h4,6H,5H2,1-3H3,(H2,11,12). The molecule has 0 fully saturated rings. The summed E-state index contributed by atoms with van der Waals surface area (Å²) in [5.74, 6) is 0.412. The first-order valence-electron chi connectivity index (χ1n) is 4.66. The third-order valence-corrected chi connectivity index (χ3v) is 2.82. The maximum atomic E-state index is 11.7. The van der Waals surface area contributed by atoms with E-state index in [9.17, 15) is 4.79 Å². The van der Waals surface area contributed by atoms with Gasteiger partial charge in [-0.15, -0.1) is 0 Å². The number of nitrogens with zero attached hydrogens (tertiary/aromatic N) is 3. The molecule has 6 heteroatoms. The van der Waals surface area contributed by atoms with E-state index in [1.54, 1.807) is 18.1 Å². The third-order valence-electron chi connectivity index (χ3n) is 2.21. The quantitative estimate of drug-likeness (QED) is 0.898. The molecule has 1 amide bonds. The van der Waals surface area contributed by atoms with Crippen LogP contribution in [-0.2, 0) is 11.3 Å². The molecular weight excluding hydrogens is 260 g/mol. The van der Waals surface area contributed by atoms with Crippen LogP contribution in [0.15, 0.2) is 10.7 Å². The second kappa shape index (κ2) is 4.65. The average molecular weight is 275 g/mol. The number of rotatable bonds is 3. The molecular formula is C9H15BrN4O. The lowest BCUT2D eigenvalue weighted by Gasteiger charge is -2.21. The van der Waals surface area contributed by atoms with Gasteiger partial charge in [-0.1, -0.05) is 0 Å². The number of aromatic nitrogens is 2. The molecule has 1 aromatic heterocycles. The molecule has 0 aliphatic carbocycles. The Morgan fingerprint density at radius 3 is 2.73 bits per heavy atom. The molecule has 0 atom stereocenters. The molecule has 2 N–H and O–H groups in total. The first kappa shape index (κ1) is 12.0. The molecule has 0 bridgehead atoms. The Morgan fingerprint density at radius 2 is 2.33 bits per heavy atom. The Kier molecular flexibility index (Phi) is 3.73. The maximum Gasteiger partial charge on any atom is 0.244 e. The molecule has 0 saturated heterocycles. The second-order valence-electron chi connectivity index (χ2n) is 3.66. The zero-order chi connectivity index (χ0) is 11.6. The highest BCUT2D eigenvalue weighted by Gasteiger charge is 2.13. The van der Waals surface area contributed by atoms with Gasteiger partial charge in [0, 0.05) is 19.3 Å². The van der Waals surface area contributed by atoms with Crippen LogP contribution in [0.4, 0.5) is 5.82 Å². The summed E-state index contributed by atoms with van der Waals surface area (Å²) in [7, 11) is 1.77. The highest BCUT2D eigenvalue weighted by atomic mass is 79.9. The topological polar surface area (TPSA) is 64.2 Å². The average Bonchev–Trinajstić information content (AvgIpc) is 2.44. The Balaban J connectivity index is 2.66. The molecule has 84 valence electrons. The van der Waals surface area contributed by atoms with Crippen molar-refractivity contribution in [3.8, 4) is 0 Å². The molecule has 0 spiro atoms. The number of carbonyl (C=O) groups excluding carboxylic acids is 1. The lowest BCUT2D eigenvalue weighted by Crippen LogP contribution is -2.35. The Bertz CT molecular complexity index is 341. The molecule has 0 aliphatic rings. The first-order valence-corrected chi connectivity index (χ1v) is 5.45. The van der Waals surface area contributed by atoms with E-state index in [0.29, 0.717) is 10.3 Å². The smallest absolute Gasteiger partial charge is 0.244 e. The molecule has 0 unspecified atom stereocenters. The number of likely N-dealkylation sites (N-methyl/N-ethyl adjacent to an activating group) is 1. The van der Waals surface area contributed by atoms with E-state index in [1.807, 2.05) is 13.8 Å². The van der Waals surface area contributed by atoms with E-state index in [1.165, 1.54) is 4.68 Å². The predicted molar refractivity (Wildman–Crippen MR) is 62.2 cm³/mol. The zero-order valence-corrected chi connectivity index (χ0v) is 10.7. The Labute approximate surface area is 97.4 Å². The summed E-state index contributed by atoms with van der Waals surface area (Å²) in [6.07, 6.45) is 1.70. The van der Waals surface area contributed by atoms with Gasteiger partial charge in [0.25, 0.3) is 0 Å². The van der Waals surface area contributed by atoms with Crippen molar-refractivity contribution in [2.45, 2.75) is 26.4 Å². The maximum absolute atomic E-state index is 11.7. The fourth-order valence-corrected chi connectivity index (χ4v) is 1.35. The minimum Gasteiger partial charge on any atom is -0.381 e. The highest BCUT2D eigenvalue weighted by molar-refractivity contribution is 9.10. The van der Waals surface area contributed by atoms with Gasteiger partial charge < -0.3 is 10.6 Å². The molecule has 0 aliphatic heterocycles. The van der Waals surface area contributed by atoms with Crippen LogP contribution in [0.3, 0.4) is 0 Å². The number of amides is 1. The van der Waals surface area contributed by atoms with Gasteiger partial charge in [0.15, 0.2) is 5.82 Å². The molecule has 5 nitrogen and oxygen atoms in total. The fraction of sp³-hybridized carbons (Fsp3) is 0.556. The van der Waals surface area contributed by atoms with Gasteiger partial charge in [0.2, 0.25) is 5.91 Å². The molecule has 1 aromatic rings. The number of hydrogen-bond acceptors (Lipinski definition) is 3. The number of carbonyl (C=O) groups is 1. The zero-order valence-electron chi connectivity index (χ0n) is 9.07. The summed E-state index contributed by atoms with van der Waals surface area (Å²) >= 11 is 3.24. The van der Waals surface area contributed by atoms with Gasteiger partial charge in [-0.05, 0) is 29.8 Å². The molecule has 15 heavy (non-hydrogen) atoms. The molecule has 1 heterocycles. The predicted octanol–water partition coefficient (Wildman–Crippen LogP) is 1.09. The Morgan fingerprint density at radius 1 is 1.73 bits per heavy atom. The normalized spacial score (nSPS) is 10.7. The molecule has 1 rings (SSSR count). The van der Waals surface area contributed by atoms with Gasteiger partial charge in [-0.3, -0.25) is 9.48 Å². The van der Waals surface area contributed by atoms with Gasteiger partial charge in [0.1, 0.15) is 6.54 Å². The van der Waals surface area contributed by atoms with Gasteiger partial charge in [0.05, 0.1) is 4.47 Å². The van der Waals surface area contributed by atoms with Crippen molar-refractivity contribution in [2.75, 3.05) is 12.8 Å². The summed E-state index contributed by atoms with van der Waals surface area (Å²) in [4.78, 5) is 13.4. The van der Waals surface area contributed by atoms with Crippen molar-refractivity contribution in [3.05, 3.63) is 10.7 Å². The number of nitrogens with two attached hydrogens (primary N) is 1. The number of halogens is 1. The van der Waals surface area contributed by atoms with Crippen LogP contribution in [0.25, 0.3) is 0 Å². The summed E-state index contributed by atoms with van der Waals surface area (Å²) in [6, 6.07) is 0.189. The Hall–Kier alpha value is -1.04. The van der Waals surface area contributed by atoms with E-state index < -0.39 is 0 Å².